The molecule has 1 aliphatic heterocycles. The Bertz CT molecular complexity index is 1310. The molecule has 4 rings (SSSR count). The molecule has 0 aromatic heterocycles. The first-order valence-corrected chi connectivity index (χ1v) is 11.1. The zero-order valence-corrected chi connectivity index (χ0v) is 19.2. The Hall–Kier alpha value is -4.53. The van der Waals surface area contributed by atoms with Gasteiger partial charge in [-0.05, 0) is 36.6 Å². The third-order valence-electron chi connectivity index (χ3n) is 5.96. The molecule has 0 saturated carbocycles. The normalized spacial score (nSPS) is 15.3. The average Bonchev–Trinajstić information content (AvgIpc) is 2.94. The van der Waals surface area contributed by atoms with Gasteiger partial charge in [0, 0.05) is 17.7 Å². The van der Waals surface area contributed by atoms with Crippen LogP contribution in [-0.2, 0) is 20.8 Å². The molecular formula is C26H24N4O5. The number of hydrogen-bond acceptors (Lipinski definition) is 5. The summed E-state index contributed by atoms with van der Waals surface area (Å²) in [5, 5.41) is 14.6. The first-order valence-electron chi connectivity index (χ1n) is 11.1. The molecule has 3 aromatic rings. The first kappa shape index (κ1) is 23.6. The van der Waals surface area contributed by atoms with Crippen molar-refractivity contribution in [2.75, 3.05) is 5.01 Å². The zero-order valence-electron chi connectivity index (χ0n) is 19.2. The number of amides is 3. The van der Waals surface area contributed by atoms with Crippen LogP contribution in [0, 0.1) is 10.1 Å². The SMILES string of the molecule is CC1C(=O)N(NC(=O)[C@H](C)NC(=O)Cc2ccc([N+](=O)[O-])cc2)c2ccccc2-c2ccccc21. The highest BCUT2D eigenvalue weighted by Crippen LogP contribution is 2.39. The van der Waals surface area contributed by atoms with Crippen molar-refractivity contribution in [2.24, 2.45) is 0 Å². The number of non-ortho nitro benzene ring substituents is 1. The number of rotatable bonds is 6. The van der Waals surface area contributed by atoms with Gasteiger partial charge in [-0.15, -0.1) is 0 Å². The van der Waals surface area contributed by atoms with Gasteiger partial charge in [0.25, 0.3) is 17.5 Å². The number of anilines is 1. The Morgan fingerprint density at radius 1 is 1.00 bits per heavy atom. The Balaban J connectivity index is 1.48. The standard InChI is InChI=1S/C26H24N4O5/c1-16-20-7-3-4-8-21(20)22-9-5-6-10-23(22)29(26(16)33)28-25(32)17(2)27-24(31)15-18-11-13-19(14-12-18)30(34)35/h3-14,16-17H,15H2,1-2H3,(H,27,31)(H,28,32)/t16?,17-/m0/s1. The minimum absolute atomic E-state index is 0.0482. The van der Waals surface area contributed by atoms with Gasteiger partial charge in [0.1, 0.15) is 6.04 Å². The molecule has 0 spiro atoms. The molecule has 1 heterocycles. The largest absolute Gasteiger partial charge is 0.344 e. The molecule has 3 amide bonds. The smallest absolute Gasteiger partial charge is 0.269 e. The van der Waals surface area contributed by atoms with Crippen molar-refractivity contribution >= 4 is 29.1 Å². The van der Waals surface area contributed by atoms with Crippen molar-refractivity contribution in [1.29, 1.82) is 0 Å². The molecule has 0 bridgehead atoms. The maximum Gasteiger partial charge on any atom is 0.269 e. The maximum atomic E-state index is 13.3. The molecule has 9 heteroatoms. The van der Waals surface area contributed by atoms with Crippen LogP contribution in [0.4, 0.5) is 11.4 Å². The fourth-order valence-corrected chi connectivity index (χ4v) is 4.06. The summed E-state index contributed by atoms with van der Waals surface area (Å²) in [7, 11) is 0. The fourth-order valence-electron chi connectivity index (χ4n) is 4.06. The number of benzene rings is 3. The van der Waals surface area contributed by atoms with Crippen LogP contribution in [0.1, 0.15) is 30.9 Å². The van der Waals surface area contributed by atoms with Gasteiger partial charge < -0.3 is 5.32 Å². The van der Waals surface area contributed by atoms with Crippen LogP contribution in [0.5, 0.6) is 0 Å². The van der Waals surface area contributed by atoms with E-state index in [0.717, 1.165) is 16.7 Å². The third-order valence-corrected chi connectivity index (χ3v) is 5.96. The van der Waals surface area contributed by atoms with Crippen molar-refractivity contribution < 1.29 is 19.3 Å². The predicted molar refractivity (Wildman–Crippen MR) is 130 cm³/mol. The second-order valence-corrected chi connectivity index (χ2v) is 8.37. The van der Waals surface area contributed by atoms with Crippen LogP contribution in [0.25, 0.3) is 11.1 Å². The van der Waals surface area contributed by atoms with Gasteiger partial charge in [-0.3, -0.25) is 29.9 Å². The van der Waals surface area contributed by atoms with E-state index in [1.165, 1.54) is 36.2 Å². The lowest BCUT2D eigenvalue weighted by Gasteiger charge is -2.27. The van der Waals surface area contributed by atoms with Gasteiger partial charge in [0.2, 0.25) is 5.91 Å². The molecule has 3 aromatic carbocycles. The van der Waals surface area contributed by atoms with Gasteiger partial charge in [-0.1, -0.05) is 54.6 Å². The highest BCUT2D eigenvalue weighted by molar-refractivity contribution is 6.06. The van der Waals surface area contributed by atoms with Crippen LogP contribution >= 0.6 is 0 Å². The molecule has 178 valence electrons. The number of hydrogen-bond donors (Lipinski definition) is 2. The van der Waals surface area contributed by atoms with Crippen molar-refractivity contribution in [3.63, 3.8) is 0 Å². The molecule has 0 fully saturated rings. The fraction of sp³-hybridized carbons (Fsp3) is 0.192. The number of nitrogens with zero attached hydrogens (tertiary/aromatic N) is 2. The number of nitro benzene ring substituents is 1. The average molecular weight is 473 g/mol. The van der Waals surface area contributed by atoms with Crippen LogP contribution in [0.2, 0.25) is 0 Å². The summed E-state index contributed by atoms with van der Waals surface area (Å²) in [6.07, 6.45) is -0.0482. The van der Waals surface area contributed by atoms with E-state index in [2.05, 4.69) is 10.7 Å². The molecule has 2 N–H and O–H groups in total. The molecule has 1 aliphatic rings. The highest BCUT2D eigenvalue weighted by Gasteiger charge is 2.33. The summed E-state index contributed by atoms with van der Waals surface area (Å²) in [4.78, 5) is 49.0. The lowest BCUT2D eigenvalue weighted by molar-refractivity contribution is -0.384. The topological polar surface area (TPSA) is 122 Å². The molecule has 0 saturated heterocycles. The van der Waals surface area contributed by atoms with E-state index in [0.29, 0.717) is 11.3 Å². The van der Waals surface area contributed by atoms with E-state index in [-0.39, 0.29) is 18.0 Å². The minimum atomic E-state index is -0.929. The second-order valence-electron chi connectivity index (χ2n) is 8.37. The summed E-state index contributed by atoms with van der Waals surface area (Å²) in [6.45, 7) is 3.32. The molecule has 0 aliphatic carbocycles. The maximum absolute atomic E-state index is 13.3. The van der Waals surface area contributed by atoms with Crippen molar-refractivity contribution in [1.82, 2.24) is 10.7 Å². The van der Waals surface area contributed by atoms with Gasteiger partial charge in [0.15, 0.2) is 0 Å². The lowest BCUT2D eigenvalue weighted by Crippen LogP contribution is -2.54. The highest BCUT2D eigenvalue weighted by atomic mass is 16.6. The number of carbonyl (C=O) groups is 3. The molecule has 1 unspecified atom stereocenters. The number of para-hydroxylation sites is 1. The molecule has 0 radical (unpaired) electrons. The first-order chi connectivity index (χ1) is 16.8. The lowest BCUT2D eigenvalue weighted by atomic mass is 9.92. The summed E-state index contributed by atoms with van der Waals surface area (Å²) in [5.74, 6) is -1.76. The van der Waals surface area contributed by atoms with Crippen molar-refractivity contribution in [2.45, 2.75) is 32.2 Å². The van der Waals surface area contributed by atoms with E-state index < -0.39 is 28.7 Å². The monoisotopic (exact) mass is 472 g/mol. The molecule has 9 nitrogen and oxygen atoms in total. The van der Waals surface area contributed by atoms with E-state index in [4.69, 9.17) is 0 Å². The number of fused-ring (bicyclic) bond motifs is 3. The van der Waals surface area contributed by atoms with E-state index >= 15 is 0 Å². The van der Waals surface area contributed by atoms with E-state index in [1.54, 1.807) is 19.1 Å². The minimum Gasteiger partial charge on any atom is -0.344 e. The Labute approximate surface area is 201 Å². The Morgan fingerprint density at radius 2 is 1.63 bits per heavy atom. The van der Waals surface area contributed by atoms with Gasteiger partial charge in [-0.2, -0.15) is 0 Å². The molecule has 2 atom stereocenters. The van der Waals surface area contributed by atoms with Crippen LogP contribution in [-0.4, -0.2) is 28.7 Å². The van der Waals surface area contributed by atoms with Crippen LogP contribution in [0.3, 0.4) is 0 Å². The number of hydrazine groups is 1. The number of carbonyl (C=O) groups excluding carboxylic acids is 3. The molecule has 35 heavy (non-hydrogen) atoms. The third kappa shape index (κ3) is 4.89. The molecular weight excluding hydrogens is 448 g/mol. The number of nitro groups is 1. The van der Waals surface area contributed by atoms with Crippen molar-refractivity contribution in [3.05, 3.63) is 94.0 Å². The quantitative estimate of drug-likeness (QED) is 0.420. The van der Waals surface area contributed by atoms with Gasteiger partial charge >= 0.3 is 0 Å². The van der Waals surface area contributed by atoms with E-state index in [1.807, 2.05) is 36.4 Å². The summed E-state index contributed by atoms with van der Waals surface area (Å²) >= 11 is 0. The Morgan fingerprint density at radius 3 is 2.31 bits per heavy atom. The predicted octanol–water partition coefficient (Wildman–Crippen LogP) is 3.49. The summed E-state index contributed by atoms with van der Waals surface area (Å²) in [5.41, 5.74) is 6.33. The van der Waals surface area contributed by atoms with Gasteiger partial charge in [-0.25, -0.2) is 5.01 Å². The number of nitrogens with one attached hydrogen (secondary N) is 2. The van der Waals surface area contributed by atoms with Gasteiger partial charge in [0.05, 0.1) is 22.9 Å². The van der Waals surface area contributed by atoms with E-state index in [9.17, 15) is 24.5 Å². The van der Waals surface area contributed by atoms with Crippen molar-refractivity contribution in [3.8, 4) is 11.1 Å². The summed E-state index contributed by atoms with van der Waals surface area (Å²) < 4.78 is 0. The van der Waals surface area contributed by atoms with Crippen LogP contribution in [0.15, 0.2) is 72.8 Å². The Kier molecular flexibility index (Phi) is 6.59. The van der Waals surface area contributed by atoms with Crippen LogP contribution < -0.4 is 15.8 Å². The second kappa shape index (κ2) is 9.76. The summed E-state index contributed by atoms with van der Waals surface area (Å²) in [6, 6.07) is 19.7. The zero-order chi connectivity index (χ0) is 25.1.